The van der Waals surface area contributed by atoms with E-state index in [1.165, 1.54) is 6.07 Å². The average Bonchev–Trinajstić information content (AvgIpc) is 2.46. The Morgan fingerprint density at radius 2 is 1.95 bits per heavy atom. The molecule has 102 valence electrons. The molecule has 0 aliphatic heterocycles. The molecule has 0 aromatic heterocycles. The van der Waals surface area contributed by atoms with Gasteiger partial charge in [-0.1, -0.05) is 29.8 Å². The third kappa shape index (κ3) is 2.76. The first kappa shape index (κ1) is 14.4. The molecule has 0 heterocycles. The second-order valence-corrected chi connectivity index (χ2v) is 4.99. The lowest BCUT2D eigenvalue weighted by Crippen LogP contribution is -2.22. The number of nitriles is 1. The van der Waals surface area contributed by atoms with Crippen LogP contribution in [0, 0.1) is 17.1 Å². The molecule has 2 rings (SSSR count). The normalized spacial score (nSPS) is 11.8. The van der Waals surface area contributed by atoms with E-state index in [9.17, 15) is 4.39 Å². The molecule has 0 saturated heterocycles. The second-order valence-electron chi connectivity index (χ2n) is 4.59. The molecule has 0 fully saturated rings. The van der Waals surface area contributed by atoms with Crippen molar-refractivity contribution in [3.05, 3.63) is 64.4 Å². The molecule has 1 unspecified atom stereocenters. The minimum Gasteiger partial charge on any atom is -0.367 e. The van der Waals surface area contributed by atoms with Crippen LogP contribution in [0.1, 0.15) is 24.1 Å². The summed E-state index contributed by atoms with van der Waals surface area (Å²) in [6, 6.07) is 13.6. The molecule has 0 spiro atoms. The maximum absolute atomic E-state index is 13.8. The summed E-state index contributed by atoms with van der Waals surface area (Å²) in [6.45, 7) is 1.91. The first-order valence-corrected chi connectivity index (χ1v) is 6.59. The number of benzene rings is 2. The van der Waals surface area contributed by atoms with Crippen LogP contribution in [0.2, 0.25) is 5.02 Å². The summed E-state index contributed by atoms with van der Waals surface area (Å²) < 4.78 is 13.8. The van der Waals surface area contributed by atoms with Crippen LogP contribution in [0.25, 0.3) is 0 Å². The molecule has 2 aromatic rings. The molecule has 0 aliphatic carbocycles. The largest absolute Gasteiger partial charge is 0.367 e. The number of nitrogens with zero attached hydrogens (tertiary/aromatic N) is 2. The van der Waals surface area contributed by atoms with Gasteiger partial charge in [0, 0.05) is 12.6 Å². The van der Waals surface area contributed by atoms with E-state index in [0.29, 0.717) is 16.1 Å². The summed E-state index contributed by atoms with van der Waals surface area (Å²) in [6.07, 6.45) is 0. The van der Waals surface area contributed by atoms with Crippen molar-refractivity contribution in [2.45, 2.75) is 13.0 Å². The van der Waals surface area contributed by atoms with Gasteiger partial charge in [0.1, 0.15) is 5.82 Å². The van der Waals surface area contributed by atoms with Crippen LogP contribution >= 0.6 is 11.6 Å². The van der Waals surface area contributed by atoms with Gasteiger partial charge in [-0.3, -0.25) is 0 Å². The standard InChI is InChI=1S/C16H14ClFN2/c1-11(13-5-3-4-6-15(13)18)20(2)16-8-7-12(10-19)9-14(16)17/h3-9,11H,1-2H3. The minimum absolute atomic E-state index is 0.165. The van der Waals surface area contributed by atoms with Gasteiger partial charge in [-0.05, 0) is 31.2 Å². The highest BCUT2D eigenvalue weighted by molar-refractivity contribution is 6.33. The first-order chi connectivity index (χ1) is 9.54. The lowest BCUT2D eigenvalue weighted by molar-refractivity contribution is 0.585. The fourth-order valence-electron chi connectivity index (χ4n) is 2.09. The quantitative estimate of drug-likeness (QED) is 0.828. The molecule has 0 amide bonds. The van der Waals surface area contributed by atoms with E-state index < -0.39 is 0 Å². The highest BCUT2D eigenvalue weighted by Crippen LogP contribution is 2.32. The van der Waals surface area contributed by atoms with Crippen molar-refractivity contribution in [1.82, 2.24) is 0 Å². The molecule has 0 radical (unpaired) electrons. The van der Waals surface area contributed by atoms with Gasteiger partial charge in [-0.2, -0.15) is 5.26 Å². The summed E-state index contributed by atoms with van der Waals surface area (Å²) >= 11 is 6.19. The Morgan fingerprint density at radius 1 is 1.25 bits per heavy atom. The van der Waals surface area contributed by atoms with Gasteiger partial charge in [-0.15, -0.1) is 0 Å². The third-order valence-electron chi connectivity index (χ3n) is 3.39. The molecule has 1 atom stereocenters. The van der Waals surface area contributed by atoms with Crippen LogP contribution in [0.5, 0.6) is 0 Å². The van der Waals surface area contributed by atoms with E-state index in [1.54, 1.807) is 30.3 Å². The van der Waals surface area contributed by atoms with Crippen LogP contribution in [-0.4, -0.2) is 7.05 Å². The van der Waals surface area contributed by atoms with Crippen molar-refractivity contribution in [2.24, 2.45) is 0 Å². The topological polar surface area (TPSA) is 27.0 Å². The van der Waals surface area contributed by atoms with Crippen molar-refractivity contribution in [3.8, 4) is 6.07 Å². The van der Waals surface area contributed by atoms with Gasteiger partial charge in [0.05, 0.1) is 28.4 Å². The van der Waals surface area contributed by atoms with E-state index in [4.69, 9.17) is 16.9 Å². The Kier molecular flexibility index (Phi) is 4.26. The van der Waals surface area contributed by atoms with Crippen molar-refractivity contribution < 1.29 is 4.39 Å². The lowest BCUT2D eigenvalue weighted by atomic mass is 10.1. The number of anilines is 1. The SMILES string of the molecule is CC(c1ccccc1F)N(C)c1ccc(C#N)cc1Cl. The molecular formula is C16H14ClFN2. The maximum Gasteiger partial charge on any atom is 0.128 e. The Bertz CT molecular complexity index is 664. The summed E-state index contributed by atoms with van der Waals surface area (Å²) in [5, 5.41) is 9.32. The van der Waals surface area contributed by atoms with Gasteiger partial charge in [0.15, 0.2) is 0 Å². The zero-order valence-corrected chi connectivity index (χ0v) is 12.0. The van der Waals surface area contributed by atoms with E-state index in [1.807, 2.05) is 31.0 Å². The second kappa shape index (κ2) is 5.94. The van der Waals surface area contributed by atoms with E-state index in [-0.39, 0.29) is 11.9 Å². The van der Waals surface area contributed by atoms with Crippen LogP contribution in [-0.2, 0) is 0 Å². The average molecular weight is 289 g/mol. The fraction of sp³-hybridized carbons (Fsp3) is 0.188. The monoisotopic (exact) mass is 288 g/mol. The summed E-state index contributed by atoms with van der Waals surface area (Å²) in [7, 11) is 1.85. The molecule has 2 nitrogen and oxygen atoms in total. The number of hydrogen-bond donors (Lipinski definition) is 0. The van der Waals surface area contributed by atoms with Gasteiger partial charge < -0.3 is 4.90 Å². The Hall–Kier alpha value is -2.05. The zero-order valence-electron chi connectivity index (χ0n) is 11.3. The van der Waals surface area contributed by atoms with Gasteiger partial charge in [0.25, 0.3) is 0 Å². The van der Waals surface area contributed by atoms with Crippen LogP contribution in [0.15, 0.2) is 42.5 Å². The summed E-state index contributed by atoms with van der Waals surface area (Å²) in [5.74, 6) is -0.239. The number of halogens is 2. The Morgan fingerprint density at radius 3 is 2.55 bits per heavy atom. The first-order valence-electron chi connectivity index (χ1n) is 6.21. The highest BCUT2D eigenvalue weighted by atomic mass is 35.5. The van der Waals surface area contributed by atoms with Crippen molar-refractivity contribution in [2.75, 3.05) is 11.9 Å². The molecule has 20 heavy (non-hydrogen) atoms. The van der Waals surface area contributed by atoms with Crippen molar-refractivity contribution >= 4 is 17.3 Å². The van der Waals surface area contributed by atoms with Gasteiger partial charge >= 0.3 is 0 Å². The Balaban J connectivity index is 2.34. The predicted molar refractivity (Wildman–Crippen MR) is 79.4 cm³/mol. The predicted octanol–water partition coefficient (Wildman–Crippen LogP) is 4.55. The lowest BCUT2D eigenvalue weighted by Gasteiger charge is -2.28. The van der Waals surface area contributed by atoms with E-state index >= 15 is 0 Å². The van der Waals surface area contributed by atoms with E-state index in [0.717, 1.165) is 5.69 Å². The molecule has 0 saturated carbocycles. The molecule has 0 N–H and O–H groups in total. The third-order valence-corrected chi connectivity index (χ3v) is 3.70. The summed E-state index contributed by atoms with van der Waals surface area (Å²) in [4.78, 5) is 1.89. The number of hydrogen-bond acceptors (Lipinski definition) is 2. The molecule has 4 heteroatoms. The zero-order chi connectivity index (χ0) is 14.7. The van der Waals surface area contributed by atoms with Crippen molar-refractivity contribution in [3.63, 3.8) is 0 Å². The van der Waals surface area contributed by atoms with Crippen LogP contribution < -0.4 is 4.90 Å². The van der Waals surface area contributed by atoms with Gasteiger partial charge in [-0.25, -0.2) is 4.39 Å². The van der Waals surface area contributed by atoms with Crippen molar-refractivity contribution in [1.29, 1.82) is 5.26 Å². The van der Waals surface area contributed by atoms with Crippen LogP contribution in [0.3, 0.4) is 0 Å². The smallest absolute Gasteiger partial charge is 0.128 e. The number of rotatable bonds is 3. The van der Waals surface area contributed by atoms with E-state index in [2.05, 4.69) is 0 Å². The Labute approximate surface area is 123 Å². The maximum atomic E-state index is 13.8. The fourth-order valence-corrected chi connectivity index (χ4v) is 2.41. The molecular weight excluding hydrogens is 275 g/mol. The summed E-state index contributed by atoms with van der Waals surface area (Å²) in [5.41, 5.74) is 1.88. The highest BCUT2D eigenvalue weighted by Gasteiger charge is 2.17. The molecule has 2 aromatic carbocycles. The minimum atomic E-state index is -0.239. The molecule has 0 bridgehead atoms. The van der Waals surface area contributed by atoms with Gasteiger partial charge in [0.2, 0.25) is 0 Å². The molecule has 0 aliphatic rings. The van der Waals surface area contributed by atoms with Crippen LogP contribution in [0.4, 0.5) is 10.1 Å².